The fraction of sp³-hybridized carbons (Fsp3) is 0.276. The third-order valence-corrected chi connectivity index (χ3v) is 6.30. The van der Waals surface area contributed by atoms with E-state index in [-0.39, 0.29) is 6.42 Å². The SMILES string of the molecule is CC(C)c1ccc(NC(=O)C2C(=O)NC(C)(Cc3ccc(OCc4ccccc4)cc3)C2=O)cc1. The summed E-state index contributed by atoms with van der Waals surface area (Å²) in [6, 6.07) is 24.7. The van der Waals surface area contributed by atoms with E-state index >= 15 is 0 Å². The van der Waals surface area contributed by atoms with Crippen LogP contribution in [0.5, 0.6) is 5.75 Å². The zero-order valence-corrected chi connectivity index (χ0v) is 20.2. The van der Waals surface area contributed by atoms with E-state index in [9.17, 15) is 14.4 Å². The molecule has 2 unspecified atom stereocenters. The van der Waals surface area contributed by atoms with Crippen LogP contribution in [0.4, 0.5) is 5.69 Å². The van der Waals surface area contributed by atoms with Crippen LogP contribution in [0.25, 0.3) is 0 Å². The molecule has 2 atom stereocenters. The Labute approximate surface area is 205 Å². The Morgan fingerprint density at radius 1 is 0.943 bits per heavy atom. The van der Waals surface area contributed by atoms with Crippen molar-refractivity contribution in [3.8, 4) is 5.75 Å². The van der Waals surface area contributed by atoms with Crippen LogP contribution in [-0.4, -0.2) is 23.1 Å². The van der Waals surface area contributed by atoms with Crippen molar-refractivity contribution < 1.29 is 19.1 Å². The summed E-state index contributed by atoms with van der Waals surface area (Å²) in [5.41, 5.74) is 2.47. The van der Waals surface area contributed by atoms with E-state index in [2.05, 4.69) is 24.5 Å². The third kappa shape index (κ3) is 5.60. The predicted octanol–water partition coefficient (Wildman–Crippen LogP) is 4.64. The molecule has 6 nitrogen and oxygen atoms in total. The minimum Gasteiger partial charge on any atom is -0.489 e. The van der Waals surface area contributed by atoms with Gasteiger partial charge in [0.25, 0.3) is 0 Å². The first-order valence-electron chi connectivity index (χ1n) is 11.8. The minimum atomic E-state index is -1.38. The van der Waals surface area contributed by atoms with Crippen LogP contribution in [0, 0.1) is 5.92 Å². The Balaban J connectivity index is 1.38. The number of hydrogen-bond acceptors (Lipinski definition) is 4. The lowest BCUT2D eigenvalue weighted by atomic mass is 9.86. The molecule has 2 amide bonds. The maximum Gasteiger partial charge on any atom is 0.244 e. The monoisotopic (exact) mass is 470 g/mol. The molecule has 0 bridgehead atoms. The number of nitrogens with one attached hydrogen (secondary N) is 2. The lowest BCUT2D eigenvalue weighted by Gasteiger charge is -2.22. The second kappa shape index (κ2) is 10.1. The molecule has 3 aromatic carbocycles. The smallest absolute Gasteiger partial charge is 0.244 e. The Bertz CT molecular complexity index is 1200. The molecule has 0 aromatic heterocycles. The van der Waals surface area contributed by atoms with Gasteiger partial charge in [0.2, 0.25) is 11.8 Å². The van der Waals surface area contributed by atoms with Gasteiger partial charge in [-0.05, 0) is 53.8 Å². The van der Waals surface area contributed by atoms with E-state index in [1.54, 1.807) is 19.1 Å². The number of carbonyl (C=O) groups excluding carboxylic acids is 3. The number of hydrogen-bond donors (Lipinski definition) is 2. The number of amides is 2. The molecule has 1 aliphatic rings. The summed E-state index contributed by atoms with van der Waals surface area (Å²) in [6.45, 7) is 6.30. The van der Waals surface area contributed by atoms with E-state index in [4.69, 9.17) is 4.74 Å². The molecule has 1 aliphatic heterocycles. The van der Waals surface area contributed by atoms with E-state index in [1.807, 2.05) is 66.7 Å². The quantitative estimate of drug-likeness (QED) is 0.470. The summed E-state index contributed by atoms with van der Waals surface area (Å²) in [6.07, 6.45) is 0.281. The highest BCUT2D eigenvalue weighted by Crippen LogP contribution is 2.27. The largest absolute Gasteiger partial charge is 0.489 e. The van der Waals surface area contributed by atoms with Crippen LogP contribution in [0.15, 0.2) is 78.9 Å². The van der Waals surface area contributed by atoms with Crippen molar-refractivity contribution in [3.63, 3.8) is 0 Å². The molecule has 0 spiro atoms. The standard InChI is InChI=1S/C29H30N2O4/c1-19(2)22-11-13-23(14-12-22)30-27(33)25-26(32)29(3,31-28(25)34)17-20-9-15-24(16-10-20)35-18-21-7-5-4-6-8-21/h4-16,19,25H,17-18H2,1-3H3,(H,30,33)(H,31,34). The number of rotatable bonds is 8. The Hall–Kier alpha value is -3.93. The fourth-order valence-corrected chi connectivity index (χ4v) is 4.23. The highest BCUT2D eigenvalue weighted by Gasteiger charge is 2.52. The normalized spacial score (nSPS) is 19.5. The lowest BCUT2D eigenvalue weighted by Crippen LogP contribution is -2.45. The molecule has 4 rings (SSSR count). The first-order chi connectivity index (χ1) is 16.7. The molecular formula is C29H30N2O4. The average molecular weight is 471 g/mol. The van der Waals surface area contributed by atoms with Crippen molar-refractivity contribution in [2.75, 3.05) is 5.32 Å². The third-order valence-electron chi connectivity index (χ3n) is 6.30. The van der Waals surface area contributed by atoms with E-state index in [0.29, 0.717) is 24.0 Å². The van der Waals surface area contributed by atoms with Crippen LogP contribution in [0.1, 0.15) is 43.4 Å². The predicted molar refractivity (Wildman–Crippen MR) is 135 cm³/mol. The number of benzene rings is 3. The topological polar surface area (TPSA) is 84.5 Å². The van der Waals surface area contributed by atoms with Crippen molar-refractivity contribution in [1.29, 1.82) is 0 Å². The van der Waals surface area contributed by atoms with Crippen molar-refractivity contribution >= 4 is 23.3 Å². The molecule has 180 valence electrons. The van der Waals surface area contributed by atoms with Crippen LogP contribution in [0.3, 0.4) is 0 Å². The molecule has 1 heterocycles. The fourth-order valence-electron chi connectivity index (χ4n) is 4.23. The van der Waals surface area contributed by atoms with Crippen molar-refractivity contribution in [3.05, 3.63) is 95.6 Å². The van der Waals surface area contributed by atoms with Gasteiger partial charge < -0.3 is 15.4 Å². The van der Waals surface area contributed by atoms with E-state index in [0.717, 1.165) is 16.7 Å². The summed E-state index contributed by atoms with van der Waals surface area (Å²) >= 11 is 0. The van der Waals surface area contributed by atoms with Gasteiger partial charge in [0.05, 0.1) is 0 Å². The van der Waals surface area contributed by atoms with Gasteiger partial charge in [0, 0.05) is 12.1 Å². The highest BCUT2D eigenvalue weighted by atomic mass is 16.5. The van der Waals surface area contributed by atoms with Crippen LogP contribution in [0.2, 0.25) is 0 Å². The zero-order valence-electron chi connectivity index (χ0n) is 20.2. The molecule has 0 radical (unpaired) electrons. The Kier molecular flexibility index (Phi) is 7.01. The van der Waals surface area contributed by atoms with Gasteiger partial charge in [-0.3, -0.25) is 14.4 Å². The second-order valence-electron chi connectivity index (χ2n) is 9.48. The molecule has 0 saturated carbocycles. The summed E-state index contributed by atoms with van der Waals surface area (Å²) in [7, 11) is 0. The van der Waals surface area contributed by atoms with Gasteiger partial charge in [-0.1, -0.05) is 68.4 Å². The van der Waals surface area contributed by atoms with E-state index in [1.165, 1.54) is 0 Å². The van der Waals surface area contributed by atoms with Gasteiger partial charge in [0.15, 0.2) is 11.7 Å². The molecule has 3 aromatic rings. The number of ketones is 1. The molecular weight excluding hydrogens is 440 g/mol. The summed E-state index contributed by atoms with van der Waals surface area (Å²) in [4.78, 5) is 38.6. The maximum absolute atomic E-state index is 13.2. The van der Waals surface area contributed by atoms with Gasteiger partial charge in [-0.15, -0.1) is 0 Å². The summed E-state index contributed by atoms with van der Waals surface area (Å²) < 4.78 is 5.82. The first-order valence-corrected chi connectivity index (χ1v) is 11.8. The molecule has 2 N–H and O–H groups in total. The summed E-state index contributed by atoms with van der Waals surface area (Å²) in [5.74, 6) is -1.91. The van der Waals surface area contributed by atoms with Crippen LogP contribution in [-0.2, 0) is 27.4 Å². The van der Waals surface area contributed by atoms with Crippen molar-refractivity contribution in [2.24, 2.45) is 5.92 Å². The van der Waals surface area contributed by atoms with Gasteiger partial charge in [-0.25, -0.2) is 0 Å². The number of carbonyl (C=O) groups is 3. The maximum atomic E-state index is 13.2. The Morgan fingerprint density at radius 3 is 2.23 bits per heavy atom. The van der Waals surface area contributed by atoms with Crippen LogP contribution < -0.4 is 15.4 Å². The van der Waals surface area contributed by atoms with Gasteiger partial charge >= 0.3 is 0 Å². The lowest BCUT2D eigenvalue weighted by molar-refractivity contribution is -0.135. The molecule has 35 heavy (non-hydrogen) atoms. The highest BCUT2D eigenvalue weighted by molar-refractivity contribution is 6.27. The molecule has 6 heteroatoms. The average Bonchev–Trinajstić information content (AvgIpc) is 3.07. The zero-order chi connectivity index (χ0) is 25.0. The molecule has 0 aliphatic carbocycles. The Morgan fingerprint density at radius 2 is 1.60 bits per heavy atom. The number of anilines is 1. The van der Waals surface area contributed by atoms with Crippen molar-refractivity contribution in [1.82, 2.24) is 5.32 Å². The second-order valence-corrected chi connectivity index (χ2v) is 9.48. The summed E-state index contributed by atoms with van der Waals surface area (Å²) in [5, 5.41) is 5.46. The molecule has 1 saturated heterocycles. The van der Waals surface area contributed by atoms with E-state index < -0.39 is 29.1 Å². The number of ether oxygens (including phenoxy) is 1. The van der Waals surface area contributed by atoms with Gasteiger partial charge in [-0.2, -0.15) is 0 Å². The number of Topliss-reactive ketones (excluding diaryl/α,β-unsaturated/α-hetero) is 1. The minimum absolute atomic E-state index is 0.281. The van der Waals surface area contributed by atoms with Crippen LogP contribution >= 0.6 is 0 Å². The van der Waals surface area contributed by atoms with Crippen molar-refractivity contribution in [2.45, 2.75) is 45.3 Å². The molecule has 1 fully saturated rings. The first kappa shape index (κ1) is 24.2. The van der Waals surface area contributed by atoms with Gasteiger partial charge in [0.1, 0.15) is 17.9 Å².